The van der Waals surface area contributed by atoms with Gasteiger partial charge in [-0.1, -0.05) is 32.9 Å². The standard InChI is InChI=1S/C19H23N3O2S/c1-12-5-6-13-7-8-22(15(13)9-12)16(23)10-14-11-25-18(20-14)21-17(24)19(2,3)4/h5-6,9,11H,7-8,10H2,1-4H3,(H,20,21,24). The molecule has 25 heavy (non-hydrogen) atoms. The highest BCUT2D eigenvalue weighted by atomic mass is 32.1. The van der Waals surface area contributed by atoms with Crippen molar-refractivity contribution < 1.29 is 9.59 Å². The van der Waals surface area contributed by atoms with Crippen molar-refractivity contribution in [1.82, 2.24) is 4.98 Å². The van der Waals surface area contributed by atoms with Crippen molar-refractivity contribution in [2.45, 2.75) is 40.5 Å². The minimum absolute atomic E-state index is 0.0448. The van der Waals surface area contributed by atoms with E-state index < -0.39 is 5.41 Å². The Kier molecular flexibility index (Phi) is 4.64. The number of aryl methyl sites for hydroxylation is 1. The van der Waals surface area contributed by atoms with Gasteiger partial charge in [-0.15, -0.1) is 11.3 Å². The molecule has 0 aliphatic carbocycles. The number of anilines is 2. The highest BCUT2D eigenvalue weighted by Crippen LogP contribution is 2.30. The summed E-state index contributed by atoms with van der Waals surface area (Å²) in [5.74, 6) is -0.0352. The molecule has 0 unspecified atom stereocenters. The van der Waals surface area contributed by atoms with E-state index in [-0.39, 0.29) is 18.2 Å². The molecule has 3 rings (SSSR count). The molecule has 0 spiro atoms. The van der Waals surface area contributed by atoms with Gasteiger partial charge in [0.15, 0.2) is 5.13 Å². The second-order valence-electron chi connectivity index (χ2n) is 7.45. The van der Waals surface area contributed by atoms with Crippen molar-refractivity contribution in [3.8, 4) is 0 Å². The molecule has 6 heteroatoms. The smallest absolute Gasteiger partial charge is 0.233 e. The first-order valence-corrected chi connectivity index (χ1v) is 9.28. The summed E-state index contributed by atoms with van der Waals surface area (Å²) in [6, 6.07) is 6.24. The van der Waals surface area contributed by atoms with E-state index in [1.165, 1.54) is 16.9 Å². The Hall–Kier alpha value is -2.21. The normalized spacial score (nSPS) is 13.7. The SMILES string of the molecule is Cc1ccc2c(c1)N(C(=O)Cc1csc(NC(=O)C(C)(C)C)n1)CC2. The molecule has 0 saturated heterocycles. The van der Waals surface area contributed by atoms with Gasteiger partial charge < -0.3 is 10.2 Å². The minimum Gasteiger partial charge on any atom is -0.311 e. The molecule has 132 valence electrons. The lowest BCUT2D eigenvalue weighted by Gasteiger charge is -2.17. The van der Waals surface area contributed by atoms with Crippen LogP contribution in [0.25, 0.3) is 0 Å². The van der Waals surface area contributed by atoms with Gasteiger partial charge in [-0.05, 0) is 30.5 Å². The summed E-state index contributed by atoms with van der Waals surface area (Å²) in [4.78, 5) is 30.9. The molecule has 1 N–H and O–H groups in total. The molecule has 0 bridgehead atoms. The Labute approximate surface area is 152 Å². The highest BCUT2D eigenvalue weighted by Gasteiger charge is 2.26. The summed E-state index contributed by atoms with van der Waals surface area (Å²) in [5.41, 5.74) is 3.61. The van der Waals surface area contributed by atoms with Crippen molar-refractivity contribution >= 4 is 34.0 Å². The zero-order chi connectivity index (χ0) is 18.2. The van der Waals surface area contributed by atoms with Gasteiger partial charge in [-0.2, -0.15) is 0 Å². The number of thiazole rings is 1. The molecule has 2 amide bonds. The monoisotopic (exact) mass is 357 g/mol. The molecule has 0 saturated carbocycles. The second-order valence-corrected chi connectivity index (χ2v) is 8.31. The van der Waals surface area contributed by atoms with Gasteiger partial charge in [0.25, 0.3) is 0 Å². The van der Waals surface area contributed by atoms with Crippen LogP contribution in [-0.4, -0.2) is 23.3 Å². The fraction of sp³-hybridized carbons (Fsp3) is 0.421. The number of nitrogens with zero attached hydrogens (tertiary/aromatic N) is 2. The summed E-state index contributed by atoms with van der Waals surface area (Å²) in [5, 5.41) is 5.19. The van der Waals surface area contributed by atoms with E-state index in [4.69, 9.17) is 0 Å². The van der Waals surface area contributed by atoms with Gasteiger partial charge in [-0.3, -0.25) is 9.59 Å². The first-order chi connectivity index (χ1) is 11.7. The van der Waals surface area contributed by atoms with Crippen LogP contribution in [0.15, 0.2) is 23.6 Å². The average Bonchev–Trinajstić information content (AvgIpc) is 3.12. The molecule has 1 aliphatic heterocycles. The predicted octanol–water partition coefficient (Wildman–Crippen LogP) is 3.57. The number of amides is 2. The topological polar surface area (TPSA) is 62.3 Å². The maximum atomic E-state index is 12.7. The average molecular weight is 357 g/mol. The fourth-order valence-electron chi connectivity index (χ4n) is 2.73. The van der Waals surface area contributed by atoms with Crippen molar-refractivity contribution in [3.05, 3.63) is 40.4 Å². The van der Waals surface area contributed by atoms with Gasteiger partial charge >= 0.3 is 0 Å². The quantitative estimate of drug-likeness (QED) is 0.913. The number of nitrogens with one attached hydrogen (secondary N) is 1. The molecule has 0 atom stereocenters. The van der Waals surface area contributed by atoms with Gasteiger partial charge in [0.1, 0.15) is 0 Å². The Morgan fingerprint density at radius 3 is 2.80 bits per heavy atom. The van der Waals surface area contributed by atoms with E-state index in [2.05, 4.69) is 28.5 Å². The van der Waals surface area contributed by atoms with Crippen molar-refractivity contribution in [2.24, 2.45) is 5.41 Å². The molecule has 1 aromatic heterocycles. The number of rotatable bonds is 3. The van der Waals surface area contributed by atoms with Crippen LogP contribution in [0.2, 0.25) is 0 Å². The molecule has 0 radical (unpaired) electrons. The number of benzene rings is 1. The maximum absolute atomic E-state index is 12.7. The van der Waals surface area contributed by atoms with E-state index in [1.54, 1.807) is 0 Å². The van der Waals surface area contributed by atoms with Gasteiger partial charge in [0, 0.05) is 23.0 Å². The Balaban J connectivity index is 1.67. The van der Waals surface area contributed by atoms with E-state index in [0.717, 1.165) is 24.2 Å². The van der Waals surface area contributed by atoms with Gasteiger partial charge in [0.05, 0.1) is 12.1 Å². The third-order valence-electron chi connectivity index (χ3n) is 4.22. The summed E-state index contributed by atoms with van der Waals surface area (Å²) in [7, 11) is 0. The lowest BCUT2D eigenvalue weighted by molar-refractivity contribution is -0.123. The molecule has 2 heterocycles. The lowest BCUT2D eigenvalue weighted by Crippen LogP contribution is -2.30. The van der Waals surface area contributed by atoms with Gasteiger partial charge in [0.2, 0.25) is 11.8 Å². The summed E-state index contributed by atoms with van der Waals surface area (Å²) < 4.78 is 0. The molecular formula is C19H23N3O2S. The third kappa shape index (κ3) is 3.90. The van der Waals surface area contributed by atoms with Crippen LogP contribution < -0.4 is 10.2 Å². The molecule has 1 aliphatic rings. The Morgan fingerprint density at radius 2 is 2.08 bits per heavy atom. The van der Waals surface area contributed by atoms with Crippen molar-refractivity contribution in [1.29, 1.82) is 0 Å². The molecule has 0 fully saturated rings. The fourth-order valence-corrected chi connectivity index (χ4v) is 3.43. The summed E-state index contributed by atoms with van der Waals surface area (Å²) in [6.45, 7) is 8.31. The summed E-state index contributed by atoms with van der Waals surface area (Å²) in [6.07, 6.45) is 1.14. The van der Waals surface area contributed by atoms with Crippen LogP contribution in [0.5, 0.6) is 0 Å². The number of carbonyl (C=O) groups is 2. The first kappa shape index (κ1) is 17.6. The van der Waals surface area contributed by atoms with Crippen LogP contribution >= 0.6 is 11.3 Å². The predicted molar refractivity (Wildman–Crippen MR) is 101 cm³/mol. The first-order valence-electron chi connectivity index (χ1n) is 8.40. The largest absolute Gasteiger partial charge is 0.311 e. The Morgan fingerprint density at radius 1 is 1.32 bits per heavy atom. The number of fused-ring (bicyclic) bond motifs is 1. The van der Waals surface area contributed by atoms with Crippen molar-refractivity contribution in [2.75, 3.05) is 16.8 Å². The van der Waals surface area contributed by atoms with Crippen LogP contribution in [-0.2, 0) is 22.4 Å². The zero-order valence-electron chi connectivity index (χ0n) is 15.0. The van der Waals surface area contributed by atoms with E-state index in [1.807, 2.05) is 38.0 Å². The molecule has 5 nitrogen and oxygen atoms in total. The number of carbonyl (C=O) groups excluding carboxylic acids is 2. The second kappa shape index (κ2) is 6.59. The summed E-state index contributed by atoms with van der Waals surface area (Å²) >= 11 is 1.35. The van der Waals surface area contributed by atoms with Crippen LogP contribution in [0.4, 0.5) is 10.8 Å². The minimum atomic E-state index is -0.473. The van der Waals surface area contributed by atoms with E-state index in [0.29, 0.717) is 10.8 Å². The van der Waals surface area contributed by atoms with Crippen LogP contribution in [0, 0.1) is 12.3 Å². The lowest BCUT2D eigenvalue weighted by atomic mass is 9.96. The third-order valence-corrected chi connectivity index (χ3v) is 5.03. The number of hydrogen-bond donors (Lipinski definition) is 1. The number of aromatic nitrogens is 1. The van der Waals surface area contributed by atoms with E-state index in [9.17, 15) is 9.59 Å². The Bertz CT molecular complexity index is 820. The molecular weight excluding hydrogens is 334 g/mol. The molecule has 1 aromatic carbocycles. The maximum Gasteiger partial charge on any atom is 0.233 e. The highest BCUT2D eigenvalue weighted by molar-refractivity contribution is 7.13. The van der Waals surface area contributed by atoms with Crippen LogP contribution in [0.1, 0.15) is 37.6 Å². The zero-order valence-corrected chi connectivity index (χ0v) is 15.9. The molecule has 2 aromatic rings. The number of hydrogen-bond acceptors (Lipinski definition) is 4. The van der Waals surface area contributed by atoms with Crippen LogP contribution in [0.3, 0.4) is 0 Å². The van der Waals surface area contributed by atoms with Gasteiger partial charge in [-0.25, -0.2) is 4.98 Å². The van der Waals surface area contributed by atoms with E-state index >= 15 is 0 Å². The van der Waals surface area contributed by atoms with Crippen molar-refractivity contribution in [3.63, 3.8) is 0 Å².